The van der Waals surface area contributed by atoms with E-state index in [2.05, 4.69) is 54.4 Å². The van der Waals surface area contributed by atoms with Crippen molar-refractivity contribution < 1.29 is 5.11 Å². The van der Waals surface area contributed by atoms with E-state index in [0.29, 0.717) is 6.61 Å². The summed E-state index contributed by atoms with van der Waals surface area (Å²) >= 11 is 0. The molecule has 0 spiro atoms. The molecule has 0 bridgehead atoms. The summed E-state index contributed by atoms with van der Waals surface area (Å²) in [6.07, 6.45) is 3.05. The van der Waals surface area contributed by atoms with Gasteiger partial charge in [0, 0.05) is 13.2 Å². The number of unbranched alkanes of at least 4 members (excludes halogenated alkanes) is 1. The minimum atomic E-state index is 0.303. The van der Waals surface area contributed by atoms with Crippen LogP contribution in [0.2, 0.25) is 0 Å². The Morgan fingerprint density at radius 2 is 1.74 bits per heavy atom. The Hall–Kier alpha value is -1.38. The van der Waals surface area contributed by atoms with Crippen molar-refractivity contribution in [2.75, 3.05) is 26.7 Å². The van der Waals surface area contributed by atoms with Crippen LogP contribution in [0, 0.1) is 0 Å². The highest BCUT2D eigenvalue weighted by atomic mass is 16.2. The molecule has 2 aromatic carbocycles. The van der Waals surface area contributed by atoms with E-state index in [1.807, 2.05) is 0 Å². The van der Waals surface area contributed by atoms with E-state index < -0.39 is 0 Å². The molecule has 0 amide bonds. The van der Waals surface area contributed by atoms with E-state index in [0.717, 1.165) is 32.4 Å². The number of benzene rings is 2. The number of aliphatic hydroxyl groups is 1. The van der Waals surface area contributed by atoms with E-state index in [4.69, 9.17) is 5.11 Å². The maximum atomic E-state index is 8.79. The van der Waals surface area contributed by atoms with Crippen LogP contribution in [0.25, 0.3) is 10.8 Å². The lowest BCUT2D eigenvalue weighted by atomic mass is 10.0. The van der Waals surface area contributed by atoms with Gasteiger partial charge < -0.3 is 10.0 Å². The van der Waals surface area contributed by atoms with Gasteiger partial charge in [0.05, 0.1) is 0 Å². The summed E-state index contributed by atoms with van der Waals surface area (Å²) in [6, 6.07) is 15.1. The molecule has 0 aliphatic carbocycles. The van der Waals surface area contributed by atoms with E-state index in [9.17, 15) is 0 Å². The molecule has 0 fully saturated rings. The molecular weight excluding hydrogens is 234 g/mol. The van der Waals surface area contributed by atoms with Crippen molar-refractivity contribution in [2.24, 2.45) is 0 Å². The number of nitrogens with zero attached hydrogens (tertiary/aromatic N) is 1. The van der Waals surface area contributed by atoms with Crippen molar-refractivity contribution in [2.45, 2.75) is 19.3 Å². The predicted molar refractivity (Wildman–Crippen MR) is 81.5 cm³/mol. The summed E-state index contributed by atoms with van der Waals surface area (Å²) in [5, 5.41) is 11.5. The molecule has 0 aliphatic heterocycles. The molecule has 0 saturated carbocycles. The molecule has 19 heavy (non-hydrogen) atoms. The lowest BCUT2D eigenvalue weighted by Crippen LogP contribution is -2.22. The standard InChI is InChI=1S/C17H23NO/c1-18(12-4-5-14-19)13-11-16-9-6-8-15-7-2-3-10-17(15)16/h2-3,6-10,19H,4-5,11-14H2,1H3. The Balaban J connectivity index is 1.94. The quantitative estimate of drug-likeness (QED) is 0.771. The summed E-state index contributed by atoms with van der Waals surface area (Å²) in [7, 11) is 2.16. The average molecular weight is 257 g/mol. The lowest BCUT2D eigenvalue weighted by Gasteiger charge is -2.16. The van der Waals surface area contributed by atoms with Crippen molar-refractivity contribution in [3.8, 4) is 0 Å². The van der Waals surface area contributed by atoms with Crippen LogP contribution < -0.4 is 0 Å². The van der Waals surface area contributed by atoms with Crippen molar-refractivity contribution >= 4 is 10.8 Å². The molecule has 0 heterocycles. The molecule has 2 nitrogen and oxygen atoms in total. The van der Waals surface area contributed by atoms with Crippen molar-refractivity contribution in [1.29, 1.82) is 0 Å². The Bertz CT molecular complexity index is 504. The third-order valence-corrected chi connectivity index (χ3v) is 3.59. The summed E-state index contributed by atoms with van der Waals surface area (Å²) in [6.45, 7) is 2.43. The fourth-order valence-corrected chi connectivity index (χ4v) is 2.43. The van der Waals surface area contributed by atoms with Gasteiger partial charge in [-0.1, -0.05) is 42.5 Å². The summed E-state index contributed by atoms with van der Waals surface area (Å²) in [4.78, 5) is 2.34. The maximum absolute atomic E-state index is 8.79. The van der Waals surface area contributed by atoms with Crippen LogP contribution in [0.4, 0.5) is 0 Å². The second-order valence-corrected chi connectivity index (χ2v) is 5.12. The average Bonchev–Trinajstić information content (AvgIpc) is 2.45. The molecule has 0 aliphatic rings. The Kier molecular flexibility index (Phi) is 5.37. The Morgan fingerprint density at radius 3 is 2.58 bits per heavy atom. The number of rotatable bonds is 7. The first kappa shape index (κ1) is 14.0. The van der Waals surface area contributed by atoms with Gasteiger partial charge in [0.2, 0.25) is 0 Å². The van der Waals surface area contributed by atoms with Gasteiger partial charge in [-0.2, -0.15) is 0 Å². The maximum Gasteiger partial charge on any atom is 0.0431 e. The largest absolute Gasteiger partial charge is 0.396 e. The Labute approximate surface area is 115 Å². The minimum Gasteiger partial charge on any atom is -0.396 e. The lowest BCUT2D eigenvalue weighted by molar-refractivity contribution is 0.264. The molecule has 2 aromatic rings. The molecule has 1 N–H and O–H groups in total. The molecule has 0 unspecified atom stereocenters. The van der Waals surface area contributed by atoms with Crippen LogP contribution >= 0.6 is 0 Å². The van der Waals surface area contributed by atoms with Gasteiger partial charge in [-0.05, 0) is 49.2 Å². The van der Waals surface area contributed by atoms with E-state index >= 15 is 0 Å². The van der Waals surface area contributed by atoms with Gasteiger partial charge in [-0.15, -0.1) is 0 Å². The summed E-state index contributed by atoms with van der Waals surface area (Å²) in [5.41, 5.74) is 1.42. The zero-order valence-corrected chi connectivity index (χ0v) is 11.7. The molecule has 0 aromatic heterocycles. The highest BCUT2D eigenvalue weighted by Crippen LogP contribution is 2.18. The highest BCUT2D eigenvalue weighted by Gasteiger charge is 2.03. The molecule has 0 saturated heterocycles. The van der Waals surface area contributed by atoms with Crippen molar-refractivity contribution in [1.82, 2.24) is 4.90 Å². The Morgan fingerprint density at radius 1 is 0.947 bits per heavy atom. The van der Waals surface area contributed by atoms with Crippen molar-refractivity contribution in [3.63, 3.8) is 0 Å². The van der Waals surface area contributed by atoms with Crippen LogP contribution in [-0.2, 0) is 6.42 Å². The van der Waals surface area contributed by atoms with Crippen LogP contribution in [-0.4, -0.2) is 36.8 Å². The van der Waals surface area contributed by atoms with Gasteiger partial charge in [-0.25, -0.2) is 0 Å². The molecule has 2 rings (SSSR count). The van der Waals surface area contributed by atoms with Gasteiger partial charge in [0.15, 0.2) is 0 Å². The molecule has 102 valence electrons. The van der Waals surface area contributed by atoms with Crippen LogP contribution in [0.3, 0.4) is 0 Å². The van der Waals surface area contributed by atoms with Crippen molar-refractivity contribution in [3.05, 3.63) is 48.0 Å². The minimum absolute atomic E-state index is 0.303. The van der Waals surface area contributed by atoms with E-state index in [-0.39, 0.29) is 0 Å². The molecule has 0 radical (unpaired) electrons. The summed E-state index contributed by atoms with van der Waals surface area (Å²) in [5.74, 6) is 0. The van der Waals surface area contributed by atoms with Crippen LogP contribution in [0.5, 0.6) is 0 Å². The van der Waals surface area contributed by atoms with Gasteiger partial charge >= 0.3 is 0 Å². The predicted octanol–water partition coefficient (Wildman–Crippen LogP) is 3.09. The monoisotopic (exact) mass is 257 g/mol. The number of hydrogen-bond donors (Lipinski definition) is 1. The summed E-state index contributed by atoms with van der Waals surface area (Å²) < 4.78 is 0. The second kappa shape index (κ2) is 7.27. The first-order valence-electron chi connectivity index (χ1n) is 7.07. The molecule has 2 heteroatoms. The normalized spacial score (nSPS) is 11.3. The van der Waals surface area contributed by atoms with E-state index in [1.54, 1.807) is 0 Å². The highest BCUT2D eigenvalue weighted by molar-refractivity contribution is 5.85. The molecular formula is C17H23NO. The third kappa shape index (κ3) is 4.05. The number of fused-ring (bicyclic) bond motifs is 1. The van der Waals surface area contributed by atoms with Gasteiger partial charge in [0.1, 0.15) is 0 Å². The topological polar surface area (TPSA) is 23.5 Å². The van der Waals surface area contributed by atoms with Gasteiger partial charge in [0.25, 0.3) is 0 Å². The second-order valence-electron chi connectivity index (χ2n) is 5.12. The van der Waals surface area contributed by atoms with Gasteiger partial charge in [-0.3, -0.25) is 0 Å². The third-order valence-electron chi connectivity index (χ3n) is 3.59. The fourth-order valence-electron chi connectivity index (χ4n) is 2.43. The number of hydrogen-bond acceptors (Lipinski definition) is 2. The van der Waals surface area contributed by atoms with Crippen LogP contribution in [0.15, 0.2) is 42.5 Å². The zero-order chi connectivity index (χ0) is 13.5. The first-order valence-corrected chi connectivity index (χ1v) is 7.07. The van der Waals surface area contributed by atoms with E-state index in [1.165, 1.54) is 16.3 Å². The fraction of sp³-hybridized carbons (Fsp3) is 0.412. The van der Waals surface area contributed by atoms with Crippen LogP contribution in [0.1, 0.15) is 18.4 Å². The number of likely N-dealkylation sites (N-methyl/N-ethyl adjacent to an activating group) is 1. The first-order chi connectivity index (χ1) is 9.31. The molecule has 0 atom stereocenters. The zero-order valence-electron chi connectivity index (χ0n) is 11.7. The SMILES string of the molecule is CN(CCCCO)CCc1cccc2ccccc12. The smallest absolute Gasteiger partial charge is 0.0431 e. The number of aliphatic hydroxyl groups excluding tert-OH is 1.